The summed E-state index contributed by atoms with van der Waals surface area (Å²) in [6.07, 6.45) is 0.0694. The summed E-state index contributed by atoms with van der Waals surface area (Å²) >= 11 is 3.42. The Labute approximate surface area is 105 Å². The zero-order valence-corrected chi connectivity index (χ0v) is 11.5. The minimum atomic E-state index is -0.0408. The Morgan fingerprint density at radius 1 is 1.38 bits per heavy atom. The van der Waals surface area contributed by atoms with Gasteiger partial charge in [0.25, 0.3) is 0 Å². The molecule has 3 nitrogen and oxygen atoms in total. The van der Waals surface area contributed by atoms with Crippen molar-refractivity contribution in [2.75, 3.05) is 13.7 Å². The van der Waals surface area contributed by atoms with Gasteiger partial charge in [-0.15, -0.1) is 0 Å². The van der Waals surface area contributed by atoms with Gasteiger partial charge in [0.05, 0.1) is 6.10 Å². The van der Waals surface area contributed by atoms with E-state index in [1.807, 2.05) is 32.0 Å². The second-order valence-electron chi connectivity index (χ2n) is 3.83. The molecule has 0 bridgehead atoms. The number of methoxy groups -OCH3 is 1. The van der Waals surface area contributed by atoms with Crippen molar-refractivity contribution in [1.29, 1.82) is 0 Å². The number of hydrogen-bond acceptors (Lipinski definition) is 3. The van der Waals surface area contributed by atoms with Crippen molar-refractivity contribution in [1.82, 2.24) is 0 Å². The van der Waals surface area contributed by atoms with Crippen LogP contribution in [0, 0.1) is 0 Å². The molecule has 0 heterocycles. The average molecular weight is 288 g/mol. The molecule has 0 saturated carbocycles. The SMILES string of the molecule is COC(C)COc1cc(Br)ccc1[C@@H](C)N. The Hall–Kier alpha value is -0.580. The molecule has 1 rings (SSSR count). The van der Waals surface area contributed by atoms with Gasteiger partial charge in [-0.05, 0) is 26.0 Å². The smallest absolute Gasteiger partial charge is 0.125 e. The topological polar surface area (TPSA) is 44.5 Å². The Kier molecular flexibility index (Phi) is 5.25. The molecule has 0 aliphatic heterocycles. The van der Waals surface area contributed by atoms with E-state index < -0.39 is 0 Å². The maximum absolute atomic E-state index is 5.88. The molecule has 16 heavy (non-hydrogen) atoms. The molecule has 0 aliphatic carbocycles. The van der Waals surface area contributed by atoms with E-state index in [-0.39, 0.29) is 12.1 Å². The summed E-state index contributed by atoms with van der Waals surface area (Å²) in [7, 11) is 1.67. The molecule has 0 saturated heterocycles. The number of hydrogen-bond donors (Lipinski definition) is 1. The van der Waals surface area contributed by atoms with Crippen LogP contribution in [0.3, 0.4) is 0 Å². The monoisotopic (exact) mass is 287 g/mol. The predicted octanol–water partition coefficient (Wildman–Crippen LogP) is 2.88. The van der Waals surface area contributed by atoms with Crippen molar-refractivity contribution in [3.63, 3.8) is 0 Å². The number of rotatable bonds is 5. The summed E-state index contributed by atoms with van der Waals surface area (Å²) in [5.74, 6) is 0.813. The quantitative estimate of drug-likeness (QED) is 0.906. The van der Waals surface area contributed by atoms with E-state index in [0.717, 1.165) is 15.8 Å². The van der Waals surface area contributed by atoms with Gasteiger partial charge in [0.2, 0.25) is 0 Å². The normalized spacial score (nSPS) is 14.6. The molecule has 0 amide bonds. The van der Waals surface area contributed by atoms with Gasteiger partial charge in [0.15, 0.2) is 0 Å². The van der Waals surface area contributed by atoms with E-state index in [4.69, 9.17) is 15.2 Å². The fourth-order valence-corrected chi connectivity index (χ4v) is 1.62. The first-order chi connectivity index (χ1) is 7.54. The average Bonchev–Trinajstić information content (AvgIpc) is 2.25. The summed E-state index contributed by atoms with van der Waals surface area (Å²) < 4.78 is 11.8. The van der Waals surface area contributed by atoms with Gasteiger partial charge >= 0.3 is 0 Å². The van der Waals surface area contributed by atoms with E-state index in [1.165, 1.54) is 0 Å². The lowest BCUT2D eigenvalue weighted by Crippen LogP contribution is -2.17. The molecule has 2 atom stereocenters. The first-order valence-electron chi connectivity index (χ1n) is 5.25. The standard InChI is InChI=1S/C12H18BrNO2/c1-8(15-3)7-16-12-6-10(13)4-5-11(12)9(2)14/h4-6,8-9H,7,14H2,1-3H3/t8?,9-/m1/s1. The molecule has 0 spiro atoms. The number of halogens is 1. The summed E-state index contributed by atoms with van der Waals surface area (Å²) in [5.41, 5.74) is 6.88. The van der Waals surface area contributed by atoms with Crippen LogP contribution in [0.15, 0.2) is 22.7 Å². The van der Waals surface area contributed by atoms with Crippen LogP contribution in [0.4, 0.5) is 0 Å². The predicted molar refractivity (Wildman–Crippen MR) is 68.7 cm³/mol. The second-order valence-corrected chi connectivity index (χ2v) is 4.74. The molecule has 90 valence electrons. The van der Waals surface area contributed by atoms with E-state index in [0.29, 0.717) is 6.61 Å². The van der Waals surface area contributed by atoms with Crippen LogP contribution >= 0.6 is 15.9 Å². The Morgan fingerprint density at radius 2 is 2.06 bits per heavy atom. The first-order valence-corrected chi connectivity index (χ1v) is 6.04. The molecule has 1 aromatic rings. The fourth-order valence-electron chi connectivity index (χ4n) is 1.28. The van der Waals surface area contributed by atoms with E-state index in [2.05, 4.69) is 15.9 Å². The lowest BCUT2D eigenvalue weighted by Gasteiger charge is -2.16. The highest BCUT2D eigenvalue weighted by molar-refractivity contribution is 9.10. The first kappa shape index (κ1) is 13.5. The molecular weight excluding hydrogens is 270 g/mol. The number of benzene rings is 1. The summed E-state index contributed by atoms with van der Waals surface area (Å²) in [6, 6.07) is 5.83. The highest BCUT2D eigenvalue weighted by atomic mass is 79.9. The van der Waals surface area contributed by atoms with E-state index in [9.17, 15) is 0 Å². The number of nitrogens with two attached hydrogens (primary N) is 1. The molecule has 2 N–H and O–H groups in total. The van der Waals surface area contributed by atoms with Crippen molar-refractivity contribution >= 4 is 15.9 Å². The van der Waals surface area contributed by atoms with Crippen LogP contribution in [0.5, 0.6) is 5.75 Å². The maximum atomic E-state index is 5.88. The molecule has 4 heteroatoms. The third-order valence-electron chi connectivity index (χ3n) is 2.34. The lowest BCUT2D eigenvalue weighted by atomic mass is 10.1. The number of ether oxygens (including phenoxy) is 2. The van der Waals surface area contributed by atoms with Crippen LogP contribution in [0.25, 0.3) is 0 Å². The van der Waals surface area contributed by atoms with E-state index >= 15 is 0 Å². The zero-order valence-electron chi connectivity index (χ0n) is 9.87. The highest BCUT2D eigenvalue weighted by Crippen LogP contribution is 2.27. The van der Waals surface area contributed by atoms with Gasteiger partial charge in [0, 0.05) is 23.2 Å². The molecular formula is C12H18BrNO2. The molecule has 0 aliphatic rings. The van der Waals surface area contributed by atoms with Crippen molar-refractivity contribution in [3.8, 4) is 5.75 Å². The van der Waals surface area contributed by atoms with Crippen LogP contribution in [0.1, 0.15) is 25.5 Å². The molecule has 0 radical (unpaired) electrons. The van der Waals surface area contributed by atoms with Crippen LogP contribution in [-0.2, 0) is 4.74 Å². The third-order valence-corrected chi connectivity index (χ3v) is 2.84. The Balaban J connectivity index is 2.80. The summed E-state index contributed by atoms with van der Waals surface area (Å²) in [5, 5.41) is 0. The van der Waals surface area contributed by atoms with Crippen LogP contribution in [-0.4, -0.2) is 19.8 Å². The van der Waals surface area contributed by atoms with Gasteiger partial charge in [0.1, 0.15) is 12.4 Å². The van der Waals surface area contributed by atoms with Crippen molar-refractivity contribution in [3.05, 3.63) is 28.2 Å². The van der Waals surface area contributed by atoms with Gasteiger partial charge in [-0.3, -0.25) is 0 Å². The highest BCUT2D eigenvalue weighted by Gasteiger charge is 2.10. The minimum Gasteiger partial charge on any atom is -0.491 e. The van der Waals surface area contributed by atoms with E-state index in [1.54, 1.807) is 7.11 Å². The Morgan fingerprint density at radius 3 is 2.62 bits per heavy atom. The molecule has 0 fully saturated rings. The lowest BCUT2D eigenvalue weighted by molar-refractivity contribution is 0.0712. The Bertz CT molecular complexity index is 342. The third kappa shape index (κ3) is 3.77. The molecule has 0 aromatic heterocycles. The fraction of sp³-hybridized carbons (Fsp3) is 0.500. The van der Waals surface area contributed by atoms with Crippen LogP contribution < -0.4 is 10.5 Å². The zero-order chi connectivity index (χ0) is 12.1. The summed E-state index contributed by atoms with van der Waals surface area (Å²) in [4.78, 5) is 0. The van der Waals surface area contributed by atoms with Crippen molar-refractivity contribution < 1.29 is 9.47 Å². The maximum Gasteiger partial charge on any atom is 0.125 e. The molecule has 1 aromatic carbocycles. The second kappa shape index (κ2) is 6.23. The van der Waals surface area contributed by atoms with Gasteiger partial charge in [-0.1, -0.05) is 22.0 Å². The minimum absolute atomic E-state index is 0.0408. The van der Waals surface area contributed by atoms with Crippen molar-refractivity contribution in [2.24, 2.45) is 5.73 Å². The van der Waals surface area contributed by atoms with Gasteiger partial charge in [-0.25, -0.2) is 0 Å². The van der Waals surface area contributed by atoms with Crippen LogP contribution in [0.2, 0.25) is 0 Å². The largest absolute Gasteiger partial charge is 0.491 e. The molecule has 1 unspecified atom stereocenters. The van der Waals surface area contributed by atoms with Crippen molar-refractivity contribution in [2.45, 2.75) is 26.0 Å². The summed E-state index contributed by atoms with van der Waals surface area (Å²) in [6.45, 7) is 4.42. The van der Waals surface area contributed by atoms with Gasteiger partial charge < -0.3 is 15.2 Å². The van der Waals surface area contributed by atoms with Gasteiger partial charge in [-0.2, -0.15) is 0 Å².